The highest BCUT2D eigenvalue weighted by Gasteiger charge is 2.77. The van der Waals surface area contributed by atoms with E-state index >= 15 is 9.59 Å². The van der Waals surface area contributed by atoms with Crippen LogP contribution in [0.3, 0.4) is 0 Å². The third kappa shape index (κ3) is 7.10. The van der Waals surface area contributed by atoms with E-state index in [0.29, 0.717) is 17.7 Å². The smallest absolute Gasteiger partial charge is 0.306 e. The normalized spacial score (nSPS) is 25.3. The van der Waals surface area contributed by atoms with Crippen molar-refractivity contribution < 1.29 is 33.8 Å². The molecule has 3 fully saturated rings. The number of halogens is 1. The van der Waals surface area contributed by atoms with Gasteiger partial charge in [0.1, 0.15) is 18.2 Å². The molecule has 2 N–H and O–H groups in total. The summed E-state index contributed by atoms with van der Waals surface area (Å²) in [4.78, 5) is 60.2. The molecule has 0 aliphatic carbocycles. The topological polar surface area (TPSA) is 125 Å². The Bertz CT molecular complexity index is 1840. The largest absolute Gasteiger partial charge is 0.463 e. The van der Waals surface area contributed by atoms with Crippen LogP contribution in [0.15, 0.2) is 104 Å². The van der Waals surface area contributed by atoms with E-state index in [4.69, 9.17) is 9.47 Å². The number of nitrogens with one attached hydrogen (secondary N) is 1. The van der Waals surface area contributed by atoms with Gasteiger partial charge in [0, 0.05) is 23.5 Å². The Morgan fingerprint density at radius 2 is 1.66 bits per heavy atom. The van der Waals surface area contributed by atoms with E-state index in [0.717, 1.165) is 16.7 Å². The number of benzene rings is 3. The van der Waals surface area contributed by atoms with Gasteiger partial charge in [0.2, 0.25) is 11.8 Å². The first kappa shape index (κ1) is 38.2. The lowest BCUT2D eigenvalue weighted by Crippen LogP contribution is -2.58. The van der Waals surface area contributed by atoms with Gasteiger partial charge in [-0.1, -0.05) is 107 Å². The molecule has 3 aromatic rings. The molecule has 10 nitrogen and oxygen atoms in total. The molecule has 11 heteroatoms. The lowest BCUT2D eigenvalue weighted by atomic mass is 9.70. The summed E-state index contributed by atoms with van der Waals surface area (Å²) < 4.78 is 12.4. The molecule has 3 aromatic carbocycles. The van der Waals surface area contributed by atoms with Gasteiger partial charge in [-0.2, -0.15) is 0 Å². The van der Waals surface area contributed by atoms with E-state index < -0.39 is 66.1 Å². The fourth-order valence-electron chi connectivity index (χ4n) is 8.45. The molecule has 0 aromatic heterocycles. The summed E-state index contributed by atoms with van der Waals surface area (Å²) in [6.07, 6.45) is 3.46. The van der Waals surface area contributed by atoms with E-state index in [-0.39, 0.29) is 36.7 Å². The molecule has 278 valence electrons. The van der Waals surface area contributed by atoms with Gasteiger partial charge >= 0.3 is 5.97 Å². The zero-order valence-corrected chi connectivity index (χ0v) is 31.6. The Balaban J connectivity index is 1.42. The molecule has 6 rings (SSSR count). The van der Waals surface area contributed by atoms with Crippen molar-refractivity contribution in [3.05, 3.63) is 126 Å². The Labute approximate surface area is 319 Å². The van der Waals surface area contributed by atoms with Crippen LogP contribution < -0.4 is 10.2 Å². The van der Waals surface area contributed by atoms with Crippen LogP contribution in [0.2, 0.25) is 0 Å². The van der Waals surface area contributed by atoms with Gasteiger partial charge in [-0.3, -0.25) is 19.2 Å². The monoisotopic (exact) mass is 783 g/mol. The number of hydrogen-bond donors (Lipinski definition) is 2. The molecule has 3 heterocycles. The summed E-state index contributed by atoms with van der Waals surface area (Å²) in [7, 11) is 0. The first-order valence-corrected chi connectivity index (χ1v) is 18.9. The molecule has 3 aliphatic rings. The van der Waals surface area contributed by atoms with Crippen molar-refractivity contribution in [2.45, 2.75) is 67.8 Å². The maximum Gasteiger partial charge on any atom is 0.306 e. The second-order valence-electron chi connectivity index (χ2n) is 14.0. The molecule has 1 spiro atoms. The first-order valence-electron chi connectivity index (χ1n) is 18.0. The maximum absolute atomic E-state index is 15.3. The van der Waals surface area contributed by atoms with Crippen LogP contribution in [-0.4, -0.2) is 76.0 Å². The van der Waals surface area contributed by atoms with E-state index in [1.54, 1.807) is 17.1 Å². The van der Waals surface area contributed by atoms with Crippen LogP contribution in [0, 0.1) is 25.7 Å². The van der Waals surface area contributed by atoms with E-state index in [9.17, 15) is 14.7 Å². The van der Waals surface area contributed by atoms with Gasteiger partial charge in [-0.05, 0) is 48.9 Å². The van der Waals surface area contributed by atoms with Crippen molar-refractivity contribution in [3.63, 3.8) is 0 Å². The summed E-state index contributed by atoms with van der Waals surface area (Å²) in [6, 6.07) is 21.3. The Kier molecular flexibility index (Phi) is 11.7. The summed E-state index contributed by atoms with van der Waals surface area (Å²) in [6.45, 7) is 11.0. The third-order valence-corrected chi connectivity index (χ3v) is 11.6. The summed E-state index contributed by atoms with van der Waals surface area (Å²) >= 11 is 3.77. The molecular weight excluding hydrogens is 738 g/mol. The average Bonchev–Trinajstić information content (AvgIpc) is 3.76. The number of hydrogen-bond acceptors (Lipinski definition) is 7. The van der Waals surface area contributed by atoms with Crippen LogP contribution in [0.25, 0.3) is 0 Å². The number of para-hydroxylation sites is 1. The zero-order valence-electron chi connectivity index (χ0n) is 30.0. The lowest BCUT2D eigenvalue weighted by molar-refractivity contribution is -0.146. The van der Waals surface area contributed by atoms with Crippen molar-refractivity contribution >= 4 is 45.3 Å². The van der Waals surface area contributed by atoms with E-state index in [2.05, 4.69) is 34.4 Å². The molecule has 53 heavy (non-hydrogen) atoms. The predicted octanol–water partition coefficient (Wildman–Crippen LogP) is 5.67. The maximum atomic E-state index is 15.3. The second kappa shape index (κ2) is 16.2. The minimum Gasteiger partial charge on any atom is -0.463 e. The molecule has 0 saturated carbocycles. The first-order chi connectivity index (χ1) is 25.6. The molecule has 1 unspecified atom stereocenters. The number of carbonyl (C=O) groups is 4. The number of esters is 1. The number of ether oxygens (including phenoxy) is 2. The van der Waals surface area contributed by atoms with Crippen molar-refractivity contribution in [3.8, 4) is 0 Å². The number of amides is 3. The summed E-state index contributed by atoms with van der Waals surface area (Å²) in [5.41, 5.74) is 2.42. The minimum absolute atomic E-state index is 0.119. The number of likely N-dealkylation sites (tertiary alicyclic amines) is 1. The highest BCUT2D eigenvalue weighted by atomic mass is 79.9. The standard InChI is InChI=1S/C42H46BrN3O7/c1-5-7-21-33(48)52-25-31(28-17-10-8-11-18-28)44-39(49)34-35-40(50)46(32(24-47)29-19-12-9-13-20-29)38(42(35)23-30(43)37(34)53-42)41(51)45(22-6-2)36-26(3)15-14-16-27(36)4/h5-6,8-20,30-32,34-35,37-38,47H,1-2,7,21-25H2,3-4H3,(H,44,49)/t30?,31-,32-,34-,35+,37-,38-,42+/m1/s1. The highest BCUT2D eigenvalue weighted by molar-refractivity contribution is 9.09. The molecule has 3 aliphatic heterocycles. The lowest BCUT2D eigenvalue weighted by Gasteiger charge is -2.40. The van der Waals surface area contributed by atoms with Gasteiger partial charge < -0.3 is 29.7 Å². The fraction of sp³-hybridized carbons (Fsp3) is 0.381. The van der Waals surface area contributed by atoms with Crippen LogP contribution in [0.1, 0.15) is 53.6 Å². The van der Waals surface area contributed by atoms with Crippen LogP contribution in [0.5, 0.6) is 0 Å². The molecule has 0 radical (unpaired) electrons. The SMILES string of the molecule is C=CCCC(=O)OC[C@@H](NC(=O)[C@H]1[C@@H]2O[C@@]3(CC2Br)[C@@H]1C(=O)N([C@H](CO)c1ccccc1)[C@@H]3C(=O)N(CC=C)c1c(C)cccc1C)c1ccccc1. The van der Waals surface area contributed by atoms with Crippen molar-refractivity contribution in [2.75, 3.05) is 24.7 Å². The number of fused-ring (bicyclic) bond motifs is 1. The number of rotatable bonds is 15. The number of carbonyl (C=O) groups excluding carboxylic acids is 4. The Morgan fingerprint density at radius 1 is 1.02 bits per heavy atom. The van der Waals surface area contributed by atoms with Crippen molar-refractivity contribution in [1.82, 2.24) is 10.2 Å². The number of aryl methyl sites for hydroxylation is 2. The number of alkyl halides is 1. The van der Waals surface area contributed by atoms with Crippen molar-refractivity contribution in [1.29, 1.82) is 0 Å². The predicted molar refractivity (Wildman–Crippen MR) is 205 cm³/mol. The number of nitrogens with zero attached hydrogens (tertiary/aromatic N) is 2. The molecule has 3 saturated heterocycles. The van der Waals surface area contributed by atoms with E-state index in [1.807, 2.05) is 92.7 Å². The molecule has 8 atom stereocenters. The molecular formula is C42H46BrN3O7. The van der Waals surface area contributed by atoms with Crippen LogP contribution in [-0.2, 0) is 28.7 Å². The third-order valence-electron chi connectivity index (χ3n) is 10.7. The number of aliphatic hydroxyl groups excluding tert-OH is 1. The second-order valence-corrected chi connectivity index (χ2v) is 15.2. The van der Waals surface area contributed by atoms with Gasteiger partial charge in [0.15, 0.2) is 0 Å². The number of anilines is 1. The molecule has 3 amide bonds. The van der Waals surface area contributed by atoms with E-state index in [1.165, 1.54) is 4.90 Å². The average molecular weight is 785 g/mol. The Morgan fingerprint density at radius 3 is 2.26 bits per heavy atom. The minimum atomic E-state index is -1.40. The Hall–Kier alpha value is -4.58. The molecule has 2 bridgehead atoms. The number of aliphatic hydroxyl groups is 1. The highest BCUT2D eigenvalue weighted by Crippen LogP contribution is 2.61. The fourth-order valence-corrected chi connectivity index (χ4v) is 9.40. The van der Waals surface area contributed by atoms with Gasteiger partial charge in [-0.25, -0.2) is 0 Å². The quantitative estimate of drug-likeness (QED) is 0.116. The van der Waals surface area contributed by atoms with Crippen molar-refractivity contribution in [2.24, 2.45) is 11.8 Å². The van der Waals surface area contributed by atoms with Gasteiger partial charge in [0.05, 0.1) is 36.6 Å². The van der Waals surface area contributed by atoms with Crippen LogP contribution in [0.4, 0.5) is 5.69 Å². The zero-order chi connectivity index (χ0) is 37.9. The number of allylic oxidation sites excluding steroid dienone is 1. The van der Waals surface area contributed by atoms with Gasteiger partial charge in [-0.15, -0.1) is 13.2 Å². The van der Waals surface area contributed by atoms with Crippen LogP contribution >= 0.6 is 15.9 Å². The summed E-state index contributed by atoms with van der Waals surface area (Å²) in [5.74, 6) is -3.74. The summed E-state index contributed by atoms with van der Waals surface area (Å²) in [5, 5.41) is 14.0. The van der Waals surface area contributed by atoms with Gasteiger partial charge in [0.25, 0.3) is 5.91 Å².